The van der Waals surface area contributed by atoms with E-state index in [0.29, 0.717) is 18.1 Å². The smallest absolute Gasteiger partial charge is 0.169 e. The maximum absolute atomic E-state index is 9.91. The van der Waals surface area contributed by atoms with Crippen molar-refractivity contribution in [3.63, 3.8) is 0 Å². The number of unbranched alkanes of at least 4 members (excludes halogenated alkanes) is 5. The fourth-order valence-electron chi connectivity index (χ4n) is 2.71. The van der Waals surface area contributed by atoms with Gasteiger partial charge in [0.1, 0.15) is 6.10 Å². The maximum Gasteiger partial charge on any atom is 0.169 e. The van der Waals surface area contributed by atoms with E-state index < -0.39 is 18.2 Å². The zero-order valence-corrected chi connectivity index (χ0v) is 13.8. The lowest BCUT2D eigenvalue weighted by Crippen LogP contribution is -2.60. The Morgan fingerprint density at radius 1 is 1.19 bits per heavy atom. The first-order valence-corrected chi connectivity index (χ1v) is 8.54. The Kier molecular flexibility index (Phi) is 9.15. The molecule has 21 heavy (non-hydrogen) atoms. The van der Waals surface area contributed by atoms with Crippen LogP contribution in [0.2, 0.25) is 0 Å². The highest BCUT2D eigenvalue weighted by molar-refractivity contribution is 7.80. The molecule has 1 fully saturated rings. The van der Waals surface area contributed by atoms with Crippen molar-refractivity contribution in [1.29, 1.82) is 0 Å². The zero-order valence-electron chi connectivity index (χ0n) is 13.0. The van der Waals surface area contributed by atoms with Gasteiger partial charge in [0.05, 0.1) is 18.8 Å². The van der Waals surface area contributed by atoms with Crippen LogP contribution in [0.5, 0.6) is 0 Å². The number of hydrogen-bond acceptors (Lipinski definition) is 4. The van der Waals surface area contributed by atoms with Gasteiger partial charge in [0.15, 0.2) is 5.11 Å². The van der Waals surface area contributed by atoms with Crippen LogP contribution in [0.15, 0.2) is 0 Å². The summed E-state index contributed by atoms with van der Waals surface area (Å²) in [4.78, 5) is 1.80. The lowest BCUT2D eigenvalue weighted by molar-refractivity contribution is -0.0695. The molecule has 6 heteroatoms. The third-order valence-corrected chi connectivity index (χ3v) is 4.49. The summed E-state index contributed by atoms with van der Waals surface area (Å²) >= 11 is 5.34. The van der Waals surface area contributed by atoms with Crippen molar-refractivity contribution >= 4 is 17.3 Å². The molecule has 1 heterocycles. The number of aliphatic hydroxyl groups excluding tert-OH is 3. The van der Waals surface area contributed by atoms with Crippen molar-refractivity contribution < 1.29 is 15.3 Å². The first-order chi connectivity index (χ1) is 10.1. The number of aliphatic hydroxyl groups is 3. The van der Waals surface area contributed by atoms with Crippen LogP contribution in [0.1, 0.15) is 51.9 Å². The predicted octanol–water partition coefficient (Wildman–Crippen LogP) is 1.01. The van der Waals surface area contributed by atoms with E-state index in [1.165, 1.54) is 32.1 Å². The summed E-state index contributed by atoms with van der Waals surface area (Å²) in [7, 11) is 0. The molecule has 0 aromatic heterocycles. The second-order valence-electron chi connectivity index (χ2n) is 5.79. The van der Waals surface area contributed by atoms with E-state index in [1.807, 2.05) is 0 Å². The van der Waals surface area contributed by atoms with Gasteiger partial charge < -0.3 is 25.5 Å². The Labute approximate surface area is 133 Å². The normalized spacial score (nSPS) is 25.9. The molecule has 0 radical (unpaired) electrons. The van der Waals surface area contributed by atoms with Gasteiger partial charge in [-0.15, -0.1) is 0 Å². The largest absolute Gasteiger partial charge is 0.394 e. The molecule has 1 aliphatic rings. The summed E-state index contributed by atoms with van der Waals surface area (Å²) in [5.74, 6) is 0. The standard InChI is InChI=1S/C15H30N2O3S/c1-2-3-4-5-6-7-9-16-15(21)17-10-8-13(19)14(20)12(17)11-18/h12-14,18-20H,2-11H2,1H3,(H,16,21)/t12-,13-,14-/m1/s1. The van der Waals surface area contributed by atoms with Crippen LogP contribution in [-0.2, 0) is 0 Å². The van der Waals surface area contributed by atoms with Gasteiger partial charge in [0.2, 0.25) is 0 Å². The molecule has 3 atom stereocenters. The van der Waals surface area contributed by atoms with Crippen LogP contribution >= 0.6 is 12.2 Å². The van der Waals surface area contributed by atoms with Crippen molar-refractivity contribution in [2.24, 2.45) is 0 Å². The summed E-state index contributed by atoms with van der Waals surface area (Å²) < 4.78 is 0. The van der Waals surface area contributed by atoms with Gasteiger partial charge in [-0.3, -0.25) is 0 Å². The molecule has 0 unspecified atom stereocenters. The topological polar surface area (TPSA) is 76.0 Å². The quantitative estimate of drug-likeness (QED) is 0.395. The second-order valence-corrected chi connectivity index (χ2v) is 6.18. The molecular weight excluding hydrogens is 288 g/mol. The SMILES string of the molecule is CCCCCCCCNC(=S)N1CC[C@@H](O)[C@H](O)[C@H]1CO. The third kappa shape index (κ3) is 6.06. The molecule has 5 nitrogen and oxygen atoms in total. The lowest BCUT2D eigenvalue weighted by atomic mass is 9.97. The molecule has 4 N–H and O–H groups in total. The van der Waals surface area contributed by atoms with Gasteiger partial charge in [-0.2, -0.15) is 0 Å². The number of nitrogens with zero attached hydrogens (tertiary/aromatic N) is 1. The van der Waals surface area contributed by atoms with Crippen LogP contribution in [-0.4, -0.2) is 63.3 Å². The average molecular weight is 318 g/mol. The molecule has 0 amide bonds. The van der Waals surface area contributed by atoms with E-state index in [1.54, 1.807) is 4.90 Å². The van der Waals surface area contributed by atoms with Gasteiger partial charge in [-0.25, -0.2) is 0 Å². The first-order valence-electron chi connectivity index (χ1n) is 8.13. The van der Waals surface area contributed by atoms with Gasteiger partial charge in [0, 0.05) is 13.1 Å². The van der Waals surface area contributed by atoms with Crippen molar-refractivity contribution in [1.82, 2.24) is 10.2 Å². The molecule has 1 saturated heterocycles. The van der Waals surface area contributed by atoms with Gasteiger partial charge in [-0.05, 0) is 25.1 Å². The van der Waals surface area contributed by atoms with E-state index in [9.17, 15) is 15.3 Å². The lowest BCUT2D eigenvalue weighted by Gasteiger charge is -2.42. The molecular formula is C15H30N2O3S. The molecule has 1 aliphatic heterocycles. The van der Waals surface area contributed by atoms with Crippen molar-refractivity contribution in [3.8, 4) is 0 Å². The van der Waals surface area contributed by atoms with E-state index in [0.717, 1.165) is 13.0 Å². The Balaban J connectivity index is 2.24. The molecule has 0 aliphatic carbocycles. The Morgan fingerprint density at radius 2 is 1.86 bits per heavy atom. The van der Waals surface area contributed by atoms with Crippen LogP contribution in [0.25, 0.3) is 0 Å². The molecule has 1 rings (SSSR count). The summed E-state index contributed by atoms with van der Waals surface area (Å²) in [6, 6.07) is -0.515. The summed E-state index contributed by atoms with van der Waals surface area (Å²) in [5.41, 5.74) is 0. The van der Waals surface area contributed by atoms with Crippen LogP contribution in [0.3, 0.4) is 0 Å². The monoisotopic (exact) mass is 318 g/mol. The molecule has 0 spiro atoms. The molecule has 0 saturated carbocycles. The van der Waals surface area contributed by atoms with Gasteiger partial charge in [-0.1, -0.05) is 39.0 Å². The number of hydrogen-bond donors (Lipinski definition) is 4. The fourth-order valence-corrected chi connectivity index (χ4v) is 3.04. The van der Waals surface area contributed by atoms with Crippen molar-refractivity contribution in [2.45, 2.75) is 70.1 Å². The van der Waals surface area contributed by atoms with Crippen LogP contribution < -0.4 is 5.32 Å². The Hall–Kier alpha value is -0.430. The summed E-state index contributed by atoms with van der Waals surface area (Å²) in [6.07, 6.45) is 6.13. The van der Waals surface area contributed by atoms with Gasteiger partial charge in [0.25, 0.3) is 0 Å². The average Bonchev–Trinajstić information content (AvgIpc) is 2.48. The number of piperidine rings is 1. The molecule has 0 aromatic rings. The first kappa shape index (κ1) is 18.6. The summed E-state index contributed by atoms with van der Waals surface area (Å²) in [5, 5.41) is 32.7. The van der Waals surface area contributed by atoms with Crippen LogP contribution in [0, 0.1) is 0 Å². The molecule has 0 aromatic carbocycles. The van der Waals surface area contributed by atoms with E-state index >= 15 is 0 Å². The van der Waals surface area contributed by atoms with Gasteiger partial charge >= 0.3 is 0 Å². The van der Waals surface area contributed by atoms with Crippen molar-refractivity contribution in [3.05, 3.63) is 0 Å². The van der Waals surface area contributed by atoms with E-state index in [4.69, 9.17) is 12.2 Å². The zero-order chi connectivity index (χ0) is 15.7. The minimum absolute atomic E-state index is 0.211. The number of nitrogens with one attached hydrogen (secondary N) is 1. The minimum atomic E-state index is -0.947. The van der Waals surface area contributed by atoms with Crippen molar-refractivity contribution in [2.75, 3.05) is 19.7 Å². The number of likely N-dealkylation sites (tertiary alicyclic amines) is 1. The highest BCUT2D eigenvalue weighted by Crippen LogP contribution is 2.18. The summed E-state index contributed by atoms with van der Waals surface area (Å²) in [6.45, 7) is 3.38. The Bertz CT molecular complexity index is 305. The third-order valence-electron chi connectivity index (χ3n) is 4.11. The maximum atomic E-state index is 9.91. The minimum Gasteiger partial charge on any atom is -0.394 e. The number of rotatable bonds is 8. The molecule has 124 valence electrons. The number of thiocarbonyl (C=S) groups is 1. The molecule has 0 bridgehead atoms. The van der Waals surface area contributed by atoms with E-state index in [-0.39, 0.29) is 6.61 Å². The van der Waals surface area contributed by atoms with Crippen LogP contribution in [0.4, 0.5) is 0 Å². The Morgan fingerprint density at radius 3 is 2.52 bits per heavy atom. The fraction of sp³-hybridized carbons (Fsp3) is 0.933. The highest BCUT2D eigenvalue weighted by Gasteiger charge is 2.36. The predicted molar refractivity (Wildman–Crippen MR) is 88.2 cm³/mol. The second kappa shape index (κ2) is 10.3. The van der Waals surface area contributed by atoms with E-state index in [2.05, 4.69) is 12.2 Å². The highest BCUT2D eigenvalue weighted by atomic mass is 32.1.